The first-order valence-corrected chi connectivity index (χ1v) is 8.04. The van der Waals surface area contributed by atoms with Crippen LogP contribution in [0, 0.1) is 11.7 Å². The van der Waals surface area contributed by atoms with E-state index in [2.05, 4.69) is 15.3 Å². The molecule has 1 aromatic heterocycles. The first-order valence-electron chi connectivity index (χ1n) is 7.63. The van der Waals surface area contributed by atoms with Crippen molar-refractivity contribution in [2.75, 3.05) is 14.2 Å². The average Bonchev–Trinajstić information content (AvgIpc) is 3.01. The van der Waals surface area contributed by atoms with Crippen molar-refractivity contribution in [3.63, 3.8) is 0 Å². The largest absolute Gasteiger partial charge is 0.497 e. The minimum absolute atomic E-state index is 0.416. The van der Waals surface area contributed by atoms with E-state index in [1.165, 1.54) is 5.56 Å². The Kier molecular flexibility index (Phi) is 4.95. The second-order valence-corrected chi connectivity index (χ2v) is 5.77. The predicted molar refractivity (Wildman–Crippen MR) is 100 cm³/mol. The van der Waals surface area contributed by atoms with Gasteiger partial charge in [-0.15, -0.1) is 0 Å². The van der Waals surface area contributed by atoms with Crippen LogP contribution in [0.1, 0.15) is 11.1 Å². The van der Waals surface area contributed by atoms with Gasteiger partial charge < -0.3 is 9.47 Å². The standard InChI is InChI=1S/C18H18N4O2S/c1-12-4-6-13(7-5-12)17-20-21-18(25)22(17)19-11-14-8-9-15(23-2)10-16(14)24-3/h4-11H,1-3H3,(H,21,25)/b19-11-. The lowest BCUT2D eigenvalue weighted by atomic mass is 10.1. The van der Waals surface area contributed by atoms with Crippen molar-refractivity contribution in [1.29, 1.82) is 0 Å². The van der Waals surface area contributed by atoms with Gasteiger partial charge in [0.05, 0.1) is 20.4 Å². The molecule has 0 aliphatic heterocycles. The summed E-state index contributed by atoms with van der Waals surface area (Å²) in [7, 11) is 3.22. The van der Waals surface area contributed by atoms with Crippen LogP contribution in [0.25, 0.3) is 11.4 Å². The summed E-state index contributed by atoms with van der Waals surface area (Å²) in [6, 6.07) is 13.5. The molecule has 7 heteroatoms. The lowest BCUT2D eigenvalue weighted by Gasteiger charge is -2.07. The molecule has 0 saturated carbocycles. The Bertz CT molecular complexity index is 958. The molecule has 0 fully saturated rings. The first-order chi connectivity index (χ1) is 12.1. The number of aryl methyl sites for hydroxylation is 1. The maximum atomic E-state index is 5.39. The predicted octanol–water partition coefficient (Wildman–Crippen LogP) is 3.82. The van der Waals surface area contributed by atoms with Gasteiger partial charge in [-0.05, 0) is 31.3 Å². The van der Waals surface area contributed by atoms with Crippen LogP contribution < -0.4 is 9.47 Å². The number of nitrogens with one attached hydrogen (secondary N) is 1. The Morgan fingerprint density at radius 2 is 1.88 bits per heavy atom. The molecular formula is C18H18N4O2S. The molecule has 3 aromatic rings. The zero-order chi connectivity index (χ0) is 17.8. The van der Waals surface area contributed by atoms with Gasteiger partial charge in [0.2, 0.25) is 4.77 Å². The summed E-state index contributed by atoms with van der Waals surface area (Å²) in [4.78, 5) is 0. The highest BCUT2D eigenvalue weighted by molar-refractivity contribution is 7.71. The summed E-state index contributed by atoms with van der Waals surface area (Å²) in [6.07, 6.45) is 1.68. The van der Waals surface area contributed by atoms with E-state index in [1.807, 2.05) is 43.3 Å². The van der Waals surface area contributed by atoms with Crippen LogP contribution in [0.3, 0.4) is 0 Å². The highest BCUT2D eigenvalue weighted by atomic mass is 32.1. The van der Waals surface area contributed by atoms with E-state index in [9.17, 15) is 0 Å². The van der Waals surface area contributed by atoms with Crippen LogP contribution >= 0.6 is 12.2 Å². The molecule has 0 spiro atoms. The van der Waals surface area contributed by atoms with E-state index in [4.69, 9.17) is 21.7 Å². The molecule has 0 atom stereocenters. The maximum absolute atomic E-state index is 5.39. The highest BCUT2D eigenvalue weighted by Gasteiger charge is 2.08. The zero-order valence-corrected chi connectivity index (χ0v) is 15.0. The van der Waals surface area contributed by atoms with Crippen LogP contribution in [0.15, 0.2) is 47.6 Å². The summed E-state index contributed by atoms with van der Waals surface area (Å²) >= 11 is 5.29. The third-order valence-electron chi connectivity index (χ3n) is 3.71. The Hall–Kier alpha value is -2.93. The fourth-order valence-corrected chi connectivity index (χ4v) is 2.51. The molecule has 128 valence electrons. The number of aromatic amines is 1. The molecule has 3 rings (SSSR count). The summed E-state index contributed by atoms with van der Waals surface area (Å²) in [5.74, 6) is 2.03. The fourth-order valence-electron chi connectivity index (χ4n) is 2.33. The Morgan fingerprint density at radius 1 is 1.12 bits per heavy atom. The molecule has 0 aliphatic carbocycles. The van der Waals surface area contributed by atoms with Gasteiger partial charge in [-0.2, -0.15) is 14.9 Å². The zero-order valence-electron chi connectivity index (χ0n) is 14.2. The van der Waals surface area contributed by atoms with Crippen molar-refractivity contribution in [2.24, 2.45) is 5.10 Å². The van der Waals surface area contributed by atoms with Gasteiger partial charge in [0.15, 0.2) is 5.82 Å². The van der Waals surface area contributed by atoms with Crippen LogP contribution in [-0.2, 0) is 0 Å². The van der Waals surface area contributed by atoms with Gasteiger partial charge in [0, 0.05) is 17.2 Å². The van der Waals surface area contributed by atoms with E-state index in [0.29, 0.717) is 22.1 Å². The number of H-pyrrole nitrogens is 1. The van der Waals surface area contributed by atoms with Gasteiger partial charge in [-0.25, -0.2) is 5.10 Å². The lowest BCUT2D eigenvalue weighted by molar-refractivity contribution is 0.394. The molecule has 0 bridgehead atoms. The Labute approximate surface area is 150 Å². The molecule has 0 unspecified atom stereocenters. The van der Waals surface area contributed by atoms with Crippen LogP contribution in [0.5, 0.6) is 11.5 Å². The van der Waals surface area contributed by atoms with Gasteiger partial charge in [0.1, 0.15) is 11.5 Å². The van der Waals surface area contributed by atoms with E-state index in [0.717, 1.165) is 11.1 Å². The topological polar surface area (TPSA) is 64.4 Å². The van der Waals surface area contributed by atoms with E-state index < -0.39 is 0 Å². The molecule has 25 heavy (non-hydrogen) atoms. The Balaban J connectivity index is 1.99. The van der Waals surface area contributed by atoms with Crippen LogP contribution in [0.2, 0.25) is 0 Å². The van der Waals surface area contributed by atoms with E-state index in [-0.39, 0.29) is 0 Å². The summed E-state index contributed by atoms with van der Waals surface area (Å²) < 4.78 is 12.6. The van der Waals surface area contributed by atoms with Gasteiger partial charge in [-0.1, -0.05) is 29.8 Å². The number of aromatic nitrogens is 3. The van der Waals surface area contributed by atoms with Gasteiger partial charge in [-0.3, -0.25) is 0 Å². The molecule has 0 saturated heterocycles. The van der Waals surface area contributed by atoms with Crippen molar-refractivity contribution in [1.82, 2.24) is 14.9 Å². The van der Waals surface area contributed by atoms with Crippen molar-refractivity contribution in [2.45, 2.75) is 6.92 Å². The molecular weight excluding hydrogens is 336 g/mol. The van der Waals surface area contributed by atoms with Crippen molar-refractivity contribution in [3.8, 4) is 22.9 Å². The number of methoxy groups -OCH3 is 2. The van der Waals surface area contributed by atoms with E-state index in [1.54, 1.807) is 31.2 Å². The second-order valence-electron chi connectivity index (χ2n) is 5.38. The van der Waals surface area contributed by atoms with Crippen molar-refractivity contribution < 1.29 is 9.47 Å². The van der Waals surface area contributed by atoms with Crippen LogP contribution in [-0.4, -0.2) is 35.3 Å². The van der Waals surface area contributed by atoms with Crippen molar-refractivity contribution in [3.05, 3.63) is 58.4 Å². The maximum Gasteiger partial charge on any atom is 0.216 e. The average molecular weight is 354 g/mol. The summed E-state index contributed by atoms with van der Waals surface area (Å²) in [5, 5.41) is 11.5. The molecule has 0 aliphatic rings. The Morgan fingerprint density at radius 3 is 2.56 bits per heavy atom. The highest BCUT2D eigenvalue weighted by Crippen LogP contribution is 2.23. The molecule has 6 nitrogen and oxygen atoms in total. The number of nitrogens with zero attached hydrogens (tertiary/aromatic N) is 3. The number of ether oxygens (including phenoxy) is 2. The molecule has 0 radical (unpaired) electrons. The monoisotopic (exact) mass is 354 g/mol. The fraction of sp³-hybridized carbons (Fsp3) is 0.167. The minimum Gasteiger partial charge on any atom is -0.497 e. The number of benzene rings is 2. The third kappa shape index (κ3) is 3.61. The SMILES string of the molecule is COc1ccc(/C=N\n2c(-c3ccc(C)cc3)n[nH]c2=S)c(OC)c1. The molecule has 1 heterocycles. The second kappa shape index (κ2) is 7.31. The van der Waals surface area contributed by atoms with E-state index >= 15 is 0 Å². The van der Waals surface area contributed by atoms with Gasteiger partial charge in [0.25, 0.3) is 0 Å². The number of hydrogen-bond acceptors (Lipinski definition) is 5. The first kappa shape index (κ1) is 16.9. The number of hydrogen-bond donors (Lipinski definition) is 1. The molecule has 2 aromatic carbocycles. The lowest BCUT2D eigenvalue weighted by Crippen LogP contribution is -1.97. The van der Waals surface area contributed by atoms with Crippen molar-refractivity contribution >= 4 is 18.4 Å². The molecule has 0 amide bonds. The quantitative estimate of drug-likeness (QED) is 0.559. The van der Waals surface area contributed by atoms with Gasteiger partial charge >= 0.3 is 0 Å². The third-order valence-corrected chi connectivity index (χ3v) is 3.98. The number of rotatable bonds is 5. The van der Waals surface area contributed by atoms with Crippen LogP contribution in [0.4, 0.5) is 0 Å². The smallest absolute Gasteiger partial charge is 0.216 e. The minimum atomic E-state index is 0.416. The molecule has 1 N–H and O–H groups in total. The summed E-state index contributed by atoms with van der Waals surface area (Å²) in [5.41, 5.74) is 2.91. The summed E-state index contributed by atoms with van der Waals surface area (Å²) in [6.45, 7) is 2.04. The normalized spacial score (nSPS) is 11.0.